The van der Waals surface area contributed by atoms with Crippen LogP contribution in [0.2, 0.25) is 0 Å². The third-order valence-electron chi connectivity index (χ3n) is 2.35. The van der Waals surface area contributed by atoms with Crippen LogP contribution in [0.15, 0.2) is 4.99 Å². The van der Waals surface area contributed by atoms with Crippen LogP contribution in [0.25, 0.3) is 0 Å². The van der Waals surface area contributed by atoms with Crippen molar-refractivity contribution in [2.75, 3.05) is 39.8 Å². The number of terminal acetylenes is 1. The molecule has 98 valence electrons. The number of unbranched alkanes of at least 4 members (excludes halogenated alkanes) is 1. The highest BCUT2D eigenvalue weighted by Gasteiger charge is 1.98. The number of guanidine groups is 1. The molecule has 0 aliphatic rings. The first-order chi connectivity index (χ1) is 8.24. The summed E-state index contributed by atoms with van der Waals surface area (Å²) in [6.45, 7) is 8.52. The van der Waals surface area contributed by atoms with Crippen LogP contribution in [0.3, 0.4) is 0 Å². The molecule has 0 amide bonds. The van der Waals surface area contributed by atoms with E-state index in [1.165, 1.54) is 12.8 Å². The molecule has 2 N–H and O–H groups in total. The number of nitrogens with zero attached hydrogens (tertiary/aromatic N) is 2. The molecule has 0 aromatic rings. The SMILES string of the molecule is C#CCNC(=NCCN(C)CCCC)NCC. The molecule has 0 bridgehead atoms. The first kappa shape index (κ1) is 15.8. The van der Waals surface area contributed by atoms with Gasteiger partial charge < -0.3 is 15.5 Å². The van der Waals surface area contributed by atoms with Gasteiger partial charge in [0, 0.05) is 13.1 Å². The van der Waals surface area contributed by atoms with Crippen LogP contribution in [0.4, 0.5) is 0 Å². The summed E-state index contributed by atoms with van der Waals surface area (Å²) in [5.41, 5.74) is 0. The molecule has 0 spiro atoms. The van der Waals surface area contributed by atoms with E-state index in [4.69, 9.17) is 6.42 Å². The lowest BCUT2D eigenvalue weighted by atomic mass is 10.3. The van der Waals surface area contributed by atoms with Crippen molar-refractivity contribution in [1.29, 1.82) is 0 Å². The highest BCUT2D eigenvalue weighted by molar-refractivity contribution is 5.79. The Morgan fingerprint density at radius 2 is 2.06 bits per heavy atom. The van der Waals surface area contributed by atoms with Crippen LogP contribution in [0.1, 0.15) is 26.7 Å². The second-order valence-corrected chi connectivity index (χ2v) is 3.98. The van der Waals surface area contributed by atoms with E-state index in [-0.39, 0.29) is 0 Å². The van der Waals surface area contributed by atoms with Crippen molar-refractivity contribution in [2.24, 2.45) is 4.99 Å². The highest BCUT2D eigenvalue weighted by Crippen LogP contribution is 1.91. The zero-order chi connectivity index (χ0) is 12.9. The lowest BCUT2D eigenvalue weighted by molar-refractivity contribution is 0.337. The quantitative estimate of drug-likeness (QED) is 0.375. The van der Waals surface area contributed by atoms with E-state index in [1.54, 1.807) is 0 Å². The van der Waals surface area contributed by atoms with Gasteiger partial charge in [-0.25, -0.2) is 0 Å². The monoisotopic (exact) mass is 238 g/mol. The summed E-state index contributed by atoms with van der Waals surface area (Å²) in [4.78, 5) is 6.76. The lowest BCUT2D eigenvalue weighted by Gasteiger charge is -2.15. The van der Waals surface area contributed by atoms with Gasteiger partial charge in [0.2, 0.25) is 0 Å². The van der Waals surface area contributed by atoms with Gasteiger partial charge in [-0.2, -0.15) is 0 Å². The topological polar surface area (TPSA) is 39.7 Å². The van der Waals surface area contributed by atoms with Crippen LogP contribution >= 0.6 is 0 Å². The van der Waals surface area contributed by atoms with E-state index < -0.39 is 0 Å². The Balaban J connectivity index is 3.86. The van der Waals surface area contributed by atoms with E-state index in [2.05, 4.69) is 40.4 Å². The molecular formula is C13H26N4. The second kappa shape index (κ2) is 11.3. The molecule has 4 heteroatoms. The molecule has 0 rings (SSSR count). The van der Waals surface area contributed by atoms with Gasteiger partial charge in [-0.15, -0.1) is 6.42 Å². The summed E-state index contributed by atoms with van der Waals surface area (Å²) in [7, 11) is 2.13. The Morgan fingerprint density at radius 3 is 2.65 bits per heavy atom. The number of hydrogen-bond acceptors (Lipinski definition) is 2. The third kappa shape index (κ3) is 9.70. The van der Waals surface area contributed by atoms with E-state index in [0.717, 1.165) is 32.1 Å². The maximum atomic E-state index is 5.20. The maximum Gasteiger partial charge on any atom is 0.192 e. The number of hydrogen-bond donors (Lipinski definition) is 2. The third-order valence-corrected chi connectivity index (χ3v) is 2.35. The fourth-order valence-electron chi connectivity index (χ4n) is 1.35. The maximum absolute atomic E-state index is 5.20. The van der Waals surface area contributed by atoms with Crippen LogP contribution in [-0.2, 0) is 0 Å². The van der Waals surface area contributed by atoms with Crippen molar-refractivity contribution >= 4 is 5.96 Å². The molecule has 0 atom stereocenters. The van der Waals surface area contributed by atoms with Gasteiger partial charge >= 0.3 is 0 Å². The molecule has 0 fully saturated rings. The molecule has 0 saturated heterocycles. The zero-order valence-electron chi connectivity index (χ0n) is 11.4. The summed E-state index contributed by atoms with van der Waals surface area (Å²) >= 11 is 0. The molecule has 4 nitrogen and oxygen atoms in total. The Hall–Kier alpha value is -1.21. The van der Waals surface area contributed by atoms with Gasteiger partial charge in [0.25, 0.3) is 0 Å². The molecule has 0 aliphatic carbocycles. The minimum absolute atomic E-state index is 0.511. The molecule has 0 aliphatic heterocycles. The second-order valence-electron chi connectivity index (χ2n) is 3.98. The van der Waals surface area contributed by atoms with Gasteiger partial charge in [-0.05, 0) is 26.9 Å². The predicted octanol–water partition coefficient (Wildman–Crippen LogP) is 0.907. The highest BCUT2D eigenvalue weighted by atomic mass is 15.2. The molecule has 0 heterocycles. The van der Waals surface area contributed by atoms with Crippen LogP contribution < -0.4 is 10.6 Å². The van der Waals surface area contributed by atoms with Gasteiger partial charge in [0.15, 0.2) is 5.96 Å². The first-order valence-corrected chi connectivity index (χ1v) is 6.38. The largest absolute Gasteiger partial charge is 0.357 e. The van der Waals surface area contributed by atoms with Crippen molar-refractivity contribution in [2.45, 2.75) is 26.7 Å². The molecule has 0 radical (unpaired) electrons. The number of likely N-dealkylation sites (N-methyl/N-ethyl adjacent to an activating group) is 1. The standard InChI is InChI=1S/C13H26N4/c1-5-8-11-17(4)12-10-16-13(14-7-3)15-9-6-2/h2H,5,7-12H2,1,3-4H3,(H2,14,15,16). The molecule has 17 heavy (non-hydrogen) atoms. The van der Waals surface area contributed by atoms with E-state index in [1.807, 2.05) is 6.92 Å². The van der Waals surface area contributed by atoms with E-state index in [9.17, 15) is 0 Å². The van der Waals surface area contributed by atoms with Crippen molar-refractivity contribution in [3.05, 3.63) is 0 Å². The molecule has 0 aromatic heterocycles. The van der Waals surface area contributed by atoms with Crippen LogP contribution in [-0.4, -0.2) is 50.6 Å². The van der Waals surface area contributed by atoms with Crippen molar-refractivity contribution < 1.29 is 0 Å². The van der Waals surface area contributed by atoms with Crippen LogP contribution in [0, 0.1) is 12.3 Å². The smallest absolute Gasteiger partial charge is 0.192 e. The number of aliphatic imine (C=N–C) groups is 1. The molecule has 0 saturated carbocycles. The zero-order valence-corrected chi connectivity index (χ0v) is 11.4. The van der Waals surface area contributed by atoms with Crippen molar-refractivity contribution in [3.63, 3.8) is 0 Å². The van der Waals surface area contributed by atoms with Gasteiger partial charge in [-0.1, -0.05) is 19.3 Å². The normalized spacial score (nSPS) is 11.4. The Kier molecular flexibility index (Phi) is 10.5. The average molecular weight is 238 g/mol. The molecule has 0 aromatic carbocycles. The molecule has 0 unspecified atom stereocenters. The van der Waals surface area contributed by atoms with Gasteiger partial charge in [-0.3, -0.25) is 4.99 Å². The first-order valence-electron chi connectivity index (χ1n) is 6.38. The lowest BCUT2D eigenvalue weighted by Crippen LogP contribution is -2.38. The predicted molar refractivity (Wildman–Crippen MR) is 75.2 cm³/mol. The number of rotatable bonds is 8. The number of nitrogens with one attached hydrogen (secondary N) is 2. The van der Waals surface area contributed by atoms with E-state index in [0.29, 0.717) is 6.54 Å². The summed E-state index contributed by atoms with van der Waals surface area (Å²) < 4.78 is 0. The Morgan fingerprint density at radius 1 is 1.29 bits per heavy atom. The van der Waals surface area contributed by atoms with Crippen molar-refractivity contribution in [1.82, 2.24) is 15.5 Å². The summed E-state index contributed by atoms with van der Waals surface area (Å²) in [6, 6.07) is 0. The minimum Gasteiger partial charge on any atom is -0.357 e. The van der Waals surface area contributed by atoms with Crippen molar-refractivity contribution in [3.8, 4) is 12.3 Å². The van der Waals surface area contributed by atoms with Gasteiger partial charge in [0.1, 0.15) is 0 Å². The van der Waals surface area contributed by atoms with Crippen LogP contribution in [0.5, 0.6) is 0 Å². The summed E-state index contributed by atoms with van der Waals surface area (Å²) in [5.74, 6) is 3.34. The molecular weight excluding hydrogens is 212 g/mol. The van der Waals surface area contributed by atoms with Gasteiger partial charge in [0.05, 0.1) is 13.1 Å². The Labute approximate surface area is 106 Å². The average Bonchev–Trinajstić information content (AvgIpc) is 2.33. The minimum atomic E-state index is 0.511. The fraction of sp³-hybridized carbons (Fsp3) is 0.769. The fourth-order valence-corrected chi connectivity index (χ4v) is 1.35. The van der Waals surface area contributed by atoms with E-state index >= 15 is 0 Å². The Bertz CT molecular complexity index is 242. The summed E-state index contributed by atoms with van der Waals surface area (Å²) in [5, 5.41) is 6.23. The summed E-state index contributed by atoms with van der Waals surface area (Å²) in [6.07, 6.45) is 7.68.